The lowest BCUT2D eigenvalue weighted by Gasteiger charge is -2.26. The monoisotopic (exact) mass is 470 g/mol. The minimum atomic E-state index is -0.167. The van der Waals surface area contributed by atoms with Crippen molar-refractivity contribution in [1.82, 2.24) is 20.2 Å². The molecule has 5 rings (SSSR count). The molecule has 0 unspecified atom stereocenters. The fourth-order valence-corrected chi connectivity index (χ4v) is 4.19. The van der Waals surface area contributed by atoms with Gasteiger partial charge in [-0.05, 0) is 48.5 Å². The van der Waals surface area contributed by atoms with Gasteiger partial charge in [0.25, 0.3) is 5.91 Å². The maximum absolute atomic E-state index is 12.8. The van der Waals surface area contributed by atoms with Crippen molar-refractivity contribution in [3.8, 4) is 11.5 Å². The number of piperazine rings is 1. The molecular formula is C27H30N6O2. The van der Waals surface area contributed by atoms with E-state index in [0.717, 1.165) is 56.1 Å². The summed E-state index contributed by atoms with van der Waals surface area (Å²) < 4.78 is 5.98. The summed E-state index contributed by atoms with van der Waals surface area (Å²) in [5.74, 6) is 0.316. The number of nitrogens with zero attached hydrogens (tertiary/aromatic N) is 4. The van der Waals surface area contributed by atoms with Gasteiger partial charge in [-0.15, -0.1) is 0 Å². The lowest BCUT2D eigenvalue weighted by Crippen LogP contribution is -2.44. The van der Waals surface area contributed by atoms with Crippen molar-refractivity contribution >= 4 is 28.5 Å². The van der Waals surface area contributed by atoms with Crippen LogP contribution in [0, 0.1) is 0 Å². The number of nitrogens with one attached hydrogen (secondary N) is 2. The van der Waals surface area contributed by atoms with Crippen molar-refractivity contribution in [2.45, 2.75) is 6.42 Å². The van der Waals surface area contributed by atoms with E-state index in [4.69, 9.17) is 9.40 Å². The van der Waals surface area contributed by atoms with Crippen LogP contribution in [0.5, 0.6) is 0 Å². The Labute approximate surface area is 205 Å². The Bertz CT molecular complexity index is 1330. The maximum Gasteiger partial charge on any atom is 0.255 e. The molecule has 0 aliphatic carbocycles. The third-order valence-corrected chi connectivity index (χ3v) is 6.20. The van der Waals surface area contributed by atoms with E-state index in [2.05, 4.69) is 20.5 Å². The number of amides is 1. The fourth-order valence-electron chi connectivity index (χ4n) is 4.19. The smallest absolute Gasteiger partial charge is 0.255 e. The number of hydrogen-bond donors (Lipinski definition) is 2. The maximum atomic E-state index is 12.8. The first-order chi connectivity index (χ1) is 17.0. The molecule has 35 heavy (non-hydrogen) atoms. The molecule has 4 aromatic rings. The van der Waals surface area contributed by atoms with E-state index in [9.17, 15) is 4.79 Å². The second-order valence-electron chi connectivity index (χ2n) is 8.96. The molecule has 0 radical (unpaired) electrons. The van der Waals surface area contributed by atoms with E-state index in [-0.39, 0.29) is 5.91 Å². The van der Waals surface area contributed by atoms with Crippen LogP contribution in [0.3, 0.4) is 0 Å². The number of aromatic nitrogens is 2. The summed E-state index contributed by atoms with van der Waals surface area (Å²) >= 11 is 0. The largest absolute Gasteiger partial charge is 0.434 e. The summed E-state index contributed by atoms with van der Waals surface area (Å²) in [6.07, 6.45) is 0.884. The molecular weight excluding hydrogens is 440 g/mol. The van der Waals surface area contributed by atoms with Crippen LogP contribution >= 0.6 is 0 Å². The highest BCUT2D eigenvalue weighted by Gasteiger charge is 2.14. The standard InChI is InChI=1S/C27H30N6O2/c1-32(2)23-8-4-5-19(18-23)26(34)30-22-7-3-6-20(17-22)27-31-25-24(35-27)10-9-21(29-25)11-14-33-15-12-28-13-16-33/h3-10,17-18,28H,11-16H2,1-2H3,(H,30,34). The van der Waals surface area contributed by atoms with E-state index >= 15 is 0 Å². The number of carbonyl (C=O) groups is 1. The Kier molecular flexibility index (Phi) is 6.74. The molecule has 1 amide bonds. The second-order valence-corrected chi connectivity index (χ2v) is 8.96. The van der Waals surface area contributed by atoms with Crippen LogP contribution < -0.4 is 15.5 Å². The predicted octanol–water partition coefficient (Wildman–Crippen LogP) is 3.66. The number of benzene rings is 2. The van der Waals surface area contributed by atoms with E-state index in [0.29, 0.717) is 28.4 Å². The third kappa shape index (κ3) is 5.50. The van der Waals surface area contributed by atoms with Crippen LogP contribution in [-0.4, -0.2) is 67.6 Å². The lowest BCUT2D eigenvalue weighted by atomic mass is 10.1. The van der Waals surface area contributed by atoms with Gasteiger partial charge in [0.15, 0.2) is 11.2 Å². The number of oxazole rings is 1. The number of carbonyl (C=O) groups excluding carboxylic acids is 1. The fraction of sp³-hybridized carbons (Fsp3) is 0.296. The minimum Gasteiger partial charge on any atom is -0.434 e. The van der Waals surface area contributed by atoms with Gasteiger partial charge in [0, 0.05) is 81.4 Å². The Balaban J connectivity index is 1.30. The summed E-state index contributed by atoms with van der Waals surface area (Å²) in [6.45, 7) is 5.22. The minimum absolute atomic E-state index is 0.167. The van der Waals surface area contributed by atoms with E-state index < -0.39 is 0 Å². The second kappa shape index (κ2) is 10.2. The topological polar surface area (TPSA) is 86.5 Å². The van der Waals surface area contributed by atoms with Gasteiger partial charge >= 0.3 is 0 Å². The number of fused-ring (bicyclic) bond motifs is 1. The Hall–Kier alpha value is -3.75. The molecule has 2 N–H and O–H groups in total. The molecule has 1 saturated heterocycles. The van der Waals surface area contributed by atoms with E-state index in [1.807, 2.05) is 73.6 Å². The molecule has 1 fully saturated rings. The van der Waals surface area contributed by atoms with Crippen molar-refractivity contribution < 1.29 is 9.21 Å². The first-order valence-electron chi connectivity index (χ1n) is 11.9. The Morgan fingerprint density at radius 3 is 2.71 bits per heavy atom. The molecule has 0 spiro atoms. The van der Waals surface area contributed by atoms with Gasteiger partial charge < -0.3 is 24.9 Å². The van der Waals surface area contributed by atoms with E-state index in [1.165, 1.54) is 0 Å². The van der Waals surface area contributed by atoms with E-state index in [1.54, 1.807) is 6.07 Å². The molecule has 0 atom stereocenters. The van der Waals surface area contributed by atoms with Gasteiger partial charge in [0.05, 0.1) is 0 Å². The van der Waals surface area contributed by atoms with Gasteiger partial charge in [0.1, 0.15) is 0 Å². The number of rotatable bonds is 7. The molecule has 0 saturated carbocycles. The quantitative estimate of drug-likeness (QED) is 0.426. The first kappa shape index (κ1) is 23.0. The molecule has 1 aliphatic rings. The first-order valence-corrected chi connectivity index (χ1v) is 11.9. The molecule has 8 nitrogen and oxygen atoms in total. The van der Waals surface area contributed by atoms with Crippen LogP contribution in [0.1, 0.15) is 16.1 Å². The van der Waals surface area contributed by atoms with Crippen molar-refractivity contribution in [1.29, 1.82) is 0 Å². The summed E-state index contributed by atoms with van der Waals surface area (Å²) in [5, 5.41) is 6.35. The lowest BCUT2D eigenvalue weighted by molar-refractivity contribution is 0.102. The van der Waals surface area contributed by atoms with Crippen LogP contribution in [0.25, 0.3) is 22.7 Å². The zero-order valence-electron chi connectivity index (χ0n) is 20.1. The molecule has 0 bridgehead atoms. The average Bonchev–Trinajstić information content (AvgIpc) is 3.32. The van der Waals surface area contributed by atoms with Gasteiger partial charge in [-0.2, -0.15) is 4.98 Å². The Morgan fingerprint density at radius 1 is 1.06 bits per heavy atom. The van der Waals surface area contributed by atoms with Gasteiger partial charge in [0.2, 0.25) is 5.89 Å². The highest BCUT2D eigenvalue weighted by atomic mass is 16.3. The Morgan fingerprint density at radius 2 is 1.89 bits per heavy atom. The summed E-state index contributed by atoms with van der Waals surface area (Å²) in [7, 11) is 3.90. The van der Waals surface area contributed by atoms with Crippen molar-refractivity contribution in [3.05, 3.63) is 71.9 Å². The zero-order chi connectivity index (χ0) is 24.2. The van der Waals surface area contributed by atoms with Crippen molar-refractivity contribution in [3.63, 3.8) is 0 Å². The molecule has 3 heterocycles. The average molecular weight is 471 g/mol. The number of anilines is 2. The molecule has 1 aliphatic heterocycles. The van der Waals surface area contributed by atoms with Crippen LogP contribution in [0.4, 0.5) is 11.4 Å². The summed E-state index contributed by atoms with van der Waals surface area (Å²) in [6, 6.07) is 19.0. The van der Waals surface area contributed by atoms with Crippen molar-refractivity contribution in [2.24, 2.45) is 0 Å². The number of hydrogen-bond acceptors (Lipinski definition) is 7. The molecule has 2 aromatic heterocycles. The predicted molar refractivity (Wildman–Crippen MR) is 139 cm³/mol. The van der Waals surface area contributed by atoms with Crippen LogP contribution in [0.15, 0.2) is 65.1 Å². The zero-order valence-corrected chi connectivity index (χ0v) is 20.1. The third-order valence-electron chi connectivity index (χ3n) is 6.20. The highest BCUT2D eigenvalue weighted by Crippen LogP contribution is 2.26. The molecule has 180 valence electrons. The van der Waals surface area contributed by atoms with Crippen LogP contribution in [-0.2, 0) is 6.42 Å². The molecule has 8 heteroatoms. The van der Waals surface area contributed by atoms with Crippen molar-refractivity contribution in [2.75, 3.05) is 57.0 Å². The van der Waals surface area contributed by atoms with Crippen LogP contribution in [0.2, 0.25) is 0 Å². The normalized spacial score (nSPS) is 14.2. The highest BCUT2D eigenvalue weighted by molar-refractivity contribution is 6.05. The van der Waals surface area contributed by atoms with Gasteiger partial charge in [-0.1, -0.05) is 12.1 Å². The van der Waals surface area contributed by atoms with Gasteiger partial charge in [-0.25, -0.2) is 4.98 Å². The molecule has 2 aromatic carbocycles. The van der Waals surface area contributed by atoms with Gasteiger partial charge in [-0.3, -0.25) is 4.79 Å². The SMILES string of the molecule is CN(C)c1cccc(C(=O)Nc2cccc(-c3nc4nc(CCN5CCNCC5)ccc4o3)c2)c1. The number of pyridine rings is 1. The summed E-state index contributed by atoms with van der Waals surface area (Å²) in [4.78, 5) is 26.6. The summed E-state index contributed by atoms with van der Waals surface area (Å²) in [5.41, 5.74) is 5.30.